The molecular weight excluding hydrogens is 308 g/mol. The molecule has 0 bridgehead atoms. The molecule has 3 N–H and O–H groups in total. The first-order valence-corrected chi connectivity index (χ1v) is 7.67. The second-order valence-corrected chi connectivity index (χ2v) is 5.15. The average molecular weight is 328 g/mol. The van der Waals surface area contributed by atoms with Crippen LogP contribution in [0.3, 0.4) is 0 Å². The minimum atomic E-state index is -0.489. The van der Waals surface area contributed by atoms with Crippen molar-refractivity contribution in [3.05, 3.63) is 65.7 Å². The smallest absolute Gasteiger partial charge is 0.268 e. The summed E-state index contributed by atoms with van der Waals surface area (Å²) < 4.78 is 5.20. The maximum absolute atomic E-state index is 12.4. The fourth-order valence-electron chi connectivity index (χ4n) is 2.00. The van der Waals surface area contributed by atoms with Crippen LogP contribution in [0.4, 0.5) is 0 Å². The number of nitrogens with one attached hydrogen (secondary N) is 2. The zero-order chi connectivity index (χ0) is 17.4. The minimum Gasteiger partial charge on any atom is -0.465 e. The number of aliphatic hydroxyl groups excluding tert-OH is 1. The Morgan fingerprint density at radius 3 is 2.54 bits per heavy atom. The standard InChI is InChI=1S/C18H20N2O4/c1-2-14(12-21)19-18(23)16(11-15-9-6-10-24-15)20-17(22)13-7-4-3-5-8-13/h3-11,14,21H,2,12H2,1H3,(H,19,23)(H,20,22)/b16-11-. The van der Waals surface area contributed by atoms with Gasteiger partial charge in [0.2, 0.25) is 0 Å². The fraction of sp³-hybridized carbons (Fsp3) is 0.222. The maximum Gasteiger partial charge on any atom is 0.268 e. The molecule has 6 nitrogen and oxygen atoms in total. The molecule has 1 atom stereocenters. The molecule has 2 aromatic rings. The molecule has 0 saturated carbocycles. The number of amides is 2. The SMILES string of the molecule is CCC(CO)NC(=O)/C(=C/c1ccco1)NC(=O)c1ccccc1. The molecule has 1 heterocycles. The third-order valence-corrected chi connectivity index (χ3v) is 3.41. The molecule has 0 spiro atoms. The molecule has 0 aliphatic rings. The lowest BCUT2D eigenvalue weighted by molar-refractivity contribution is -0.118. The Labute approximate surface area is 140 Å². The number of hydrogen-bond donors (Lipinski definition) is 3. The molecule has 1 unspecified atom stereocenters. The van der Waals surface area contributed by atoms with Crippen molar-refractivity contribution in [2.45, 2.75) is 19.4 Å². The van der Waals surface area contributed by atoms with Gasteiger partial charge >= 0.3 is 0 Å². The van der Waals surface area contributed by atoms with E-state index in [0.29, 0.717) is 17.7 Å². The number of furan rings is 1. The molecule has 0 aliphatic heterocycles. The van der Waals surface area contributed by atoms with Crippen molar-refractivity contribution in [3.8, 4) is 0 Å². The van der Waals surface area contributed by atoms with Crippen LogP contribution in [0.5, 0.6) is 0 Å². The van der Waals surface area contributed by atoms with E-state index in [9.17, 15) is 14.7 Å². The second-order valence-electron chi connectivity index (χ2n) is 5.15. The minimum absolute atomic E-state index is 0.0469. The topological polar surface area (TPSA) is 91.6 Å². The van der Waals surface area contributed by atoms with Crippen molar-refractivity contribution in [2.24, 2.45) is 0 Å². The van der Waals surface area contributed by atoms with Gasteiger partial charge in [0.05, 0.1) is 18.9 Å². The van der Waals surface area contributed by atoms with E-state index in [2.05, 4.69) is 10.6 Å². The zero-order valence-electron chi connectivity index (χ0n) is 13.4. The number of rotatable bonds is 7. The Bertz CT molecular complexity index is 689. The first-order chi connectivity index (χ1) is 11.6. The third-order valence-electron chi connectivity index (χ3n) is 3.41. The van der Waals surface area contributed by atoms with Gasteiger partial charge in [0.1, 0.15) is 11.5 Å². The van der Waals surface area contributed by atoms with Gasteiger partial charge in [0, 0.05) is 11.6 Å². The molecular formula is C18H20N2O4. The van der Waals surface area contributed by atoms with Gasteiger partial charge in [-0.1, -0.05) is 25.1 Å². The van der Waals surface area contributed by atoms with Crippen LogP contribution in [-0.2, 0) is 4.79 Å². The molecule has 2 rings (SSSR count). The number of aliphatic hydroxyl groups is 1. The summed E-state index contributed by atoms with van der Waals surface area (Å²) in [5, 5.41) is 14.5. The normalized spacial score (nSPS) is 12.5. The highest BCUT2D eigenvalue weighted by Gasteiger charge is 2.17. The summed E-state index contributed by atoms with van der Waals surface area (Å²) in [5.41, 5.74) is 0.482. The lowest BCUT2D eigenvalue weighted by Crippen LogP contribution is -2.41. The van der Waals surface area contributed by atoms with Gasteiger partial charge in [-0.15, -0.1) is 0 Å². The summed E-state index contributed by atoms with van der Waals surface area (Å²) in [4.78, 5) is 24.7. The van der Waals surface area contributed by atoms with Crippen LogP contribution in [0.25, 0.3) is 6.08 Å². The molecule has 0 aliphatic carbocycles. The van der Waals surface area contributed by atoms with E-state index in [1.807, 2.05) is 6.92 Å². The van der Waals surface area contributed by atoms with Crippen molar-refractivity contribution < 1.29 is 19.1 Å². The summed E-state index contributed by atoms with van der Waals surface area (Å²) in [7, 11) is 0. The number of carbonyl (C=O) groups is 2. The lowest BCUT2D eigenvalue weighted by Gasteiger charge is -2.16. The summed E-state index contributed by atoms with van der Waals surface area (Å²) in [6, 6.07) is 11.6. The molecule has 0 fully saturated rings. The summed E-state index contributed by atoms with van der Waals surface area (Å²) in [6.45, 7) is 1.67. The number of carbonyl (C=O) groups excluding carboxylic acids is 2. The maximum atomic E-state index is 12.4. The largest absolute Gasteiger partial charge is 0.465 e. The Balaban J connectivity index is 2.20. The summed E-state index contributed by atoms with van der Waals surface area (Å²) >= 11 is 0. The van der Waals surface area contributed by atoms with Crippen LogP contribution < -0.4 is 10.6 Å². The van der Waals surface area contributed by atoms with Crippen LogP contribution in [0.15, 0.2) is 58.8 Å². The van der Waals surface area contributed by atoms with Crippen molar-refractivity contribution in [1.29, 1.82) is 0 Å². The van der Waals surface area contributed by atoms with Gasteiger partial charge in [-0.3, -0.25) is 9.59 Å². The number of benzene rings is 1. The van der Waals surface area contributed by atoms with Crippen LogP contribution >= 0.6 is 0 Å². The van der Waals surface area contributed by atoms with Crippen LogP contribution in [0.2, 0.25) is 0 Å². The molecule has 0 radical (unpaired) electrons. The fourth-order valence-corrected chi connectivity index (χ4v) is 2.00. The van der Waals surface area contributed by atoms with Gasteiger partial charge in [-0.05, 0) is 30.7 Å². The zero-order valence-corrected chi connectivity index (χ0v) is 13.4. The molecule has 1 aromatic heterocycles. The Morgan fingerprint density at radius 2 is 1.96 bits per heavy atom. The van der Waals surface area contributed by atoms with E-state index >= 15 is 0 Å². The van der Waals surface area contributed by atoms with Crippen molar-refractivity contribution >= 4 is 17.9 Å². The number of hydrogen-bond acceptors (Lipinski definition) is 4. The quantitative estimate of drug-likeness (QED) is 0.677. The van der Waals surface area contributed by atoms with Crippen molar-refractivity contribution in [3.63, 3.8) is 0 Å². The van der Waals surface area contributed by atoms with E-state index in [4.69, 9.17) is 4.42 Å². The van der Waals surface area contributed by atoms with Gasteiger partial charge in [-0.2, -0.15) is 0 Å². The van der Waals surface area contributed by atoms with Crippen LogP contribution in [-0.4, -0.2) is 29.6 Å². The molecule has 6 heteroatoms. The van der Waals surface area contributed by atoms with Crippen LogP contribution in [0, 0.1) is 0 Å². The Morgan fingerprint density at radius 1 is 1.21 bits per heavy atom. The van der Waals surface area contributed by atoms with E-state index in [0.717, 1.165) is 0 Å². The van der Waals surface area contributed by atoms with E-state index < -0.39 is 11.8 Å². The third kappa shape index (κ3) is 4.82. The first kappa shape index (κ1) is 17.5. The second kappa shape index (κ2) is 8.69. The predicted molar refractivity (Wildman–Crippen MR) is 89.9 cm³/mol. The first-order valence-electron chi connectivity index (χ1n) is 7.67. The Kier molecular flexibility index (Phi) is 6.33. The van der Waals surface area contributed by atoms with Gasteiger partial charge in [0.25, 0.3) is 11.8 Å². The van der Waals surface area contributed by atoms with Gasteiger partial charge < -0.3 is 20.2 Å². The van der Waals surface area contributed by atoms with Crippen LogP contribution in [0.1, 0.15) is 29.5 Å². The highest BCUT2D eigenvalue weighted by molar-refractivity contribution is 6.05. The van der Waals surface area contributed by atoms with E-state index in [1.165, 1.54) is 12.3 Å². The predicted octanol–water partition coefficient (Wildman–Crippen LogP) is 1.94. The van der Waals surface area contributed by atoms with E-state index in [-0.39, 0.29) is 18.3 Å². The molecule has 24 heavy (non-hydrogen) atoms. The lowest BCUT2D eigenvalue weighted by atomic mass is 10.2. The summed E-state index contributed by atoms with van der Waals surface area (Å²) in [5.74, 6) is -0.456. The van der Waals surface area contributed by atoms with Gasteiger partial charge in [0.15, 0.2) is 0 Å². The highest BCUT2D eigenvalue weighted by Crippen LogP contribution is 2.08. The monoisotopic (exact) mass is 328 g/mol. The average Bonchev–Trinajstić information content (AvgIpc) is 3.12. The molecule has 0 saturated heterocycles. The highest BCUT2D eigenvalue weighted by atomic mass is 16.3. The molecule has 126 valence electrons. The summed E-state index contributed by atoms with van der Waals surface area (Å²) in [6.07, 6.45) is 3.49. The molecule has 1 aromatic carbocycles. The van der Waals surface area contributed by atoms with E-state index in [1.54, 1.807) is 42.5 Å². The van der Waals surface area contributed by atoms with Gasteiger partial charge in [-0.25, -0.2) is 0 Å². The Hall–Kier alpha value is -2.86. The molecule has 2 amide bonds. The van der Waals surface area contributed by atoms with Crippen molar-refractivity contribution in [1.82, 2.24) is 10.6 Å². The van der Waals surface area contributed by atoms with Crippen molar-refractivity contribution in [2.75, 3.05) is 6.61 Å².